The highest BCUT2D eigenvalue weighted by molar-refractivity contribution is 5.41. The maximum absolute atomic E-state index is 9.64. The zero-order chi connectivity index (χ0) is 14.0. The minimum Gasteiger partial charge on any atom is -0.504 e. The van der Waals surface area contributed by atoms with Gasteiger partial charge in [0.1, 0.15) is 0 Å². The molecule has 1 aromatic carbocycles. The number of benzene rings is 1. The largest absolute Gasteiger partial charge is 0.504 e. The van der Waals surface area contributed by atoms with Gasteiger partial charge in [-0.3, -0.25) is 4.90 Å². The summed E-state index contributed by atoms with van der Waals surface area (Å²) < 4.78 is 0. The number of nitrogens with two attached hydrogens (primary N) is 1. The van der Waals surface area contributed by atoms with Crippen molar-refractivity contribution in [2.75, 3.05) is 19.6 Å². The van der Waals surface area contributed by atoms with E-state index in [0.29, 0.717) is 18.4 Å². The van der Waals surface area contributed by atoms with Gasteiger partial charge in [0.05, 0.1) is 0 Å². The molecule has 3 unspecified atom stereocenters. The fourth-order valence-electron chi connectivity index (χ4n) is 3.21. The number of likely N-dealkylation sites (tertiary alicyclic amines) is 1. The van der Waals surface area contributed by atoms with Gasteiger partial charge in [0.15, 0.2) is 11.5 Å². The van der Waals surface area contributed by atoms with Crippen LogP contribution in [0, 0.1) is 11.8 Å². The van der Waals surface area contributed by atoms with Crippen molar-refractivity contribution in [2.24, 2.45) is 17.6 Å². The van der Waals surface area contributed by atoms with Gasteiger partial charge >= 0.3 is 0 Å². The number of hydrogen-bond donors (Lipinski definition) is 3. The number of phenolic OH excluding ortho intramolecular Hbond substituents is 2. The van der Waals surface area contributed by atoms with Crippen molar-refractivity contribution in [1.82, 2.24) is 4.90 Å². The van der Waals surface area contributed by atoms with Crippen LogP contribution in [0.2, 0.25) is 0 Å². The number of phenols is 2. The first-order valence-corrected chi connectivity index (χ1v) is 6.97. The molecule has 4 N–H and O–H groups in total. The van der Waals surface area contributed by atoms with Gasteiger partial charge in [0, 0.05) is 25.7 Å². The van der Waals surface area contributed by atoms with Crippen LogP contribution in [0.1, 0.15) is 31.9 Å². The summed E-state index contributed by atoms with van der Waals surface area (Å²) in [5, 5.41) is 19.0. The molecule has 3 atom stereocenters. The minimum atomic E-state index is -0.0834. The Morgan fingerprint density at radius 2 is 1.84 bits per heavy atom. The van der Waals surface area contributed by atoms with E-state index in [1.807, 2.05) is 6.07 Å². The summed E-state index contributed by atoms with van der Waals surface area (Å²) in [5.41, 5.74) is 6.90. The van der Waals surface area contributed by atoms with Gasteiger partial charge in [-0.25, -0.2) is 0 Å². The van der Waals surface area contributed by atoms with Crippen molar-refractivity contribution >= 4 is 0 Å². The highest BCUT2D eigenvalue weighted by Gasteiger charge is 2.27. The standard InChI is InChI=1S/C15H24N2O2/c1-10-5-11(2)9-17(8-10)13(7-16)12-3-4-14(18)15(19)6-12/h3-4,6,10-11,13,18-19H,5,7-9,16H2,1-2H3. The summed E-state index contributed by atoms with van der Waals surface area (Å²) >= 11 is 0. The zero-order valence-corrected chi connectivity index (χ0v) is 11.7. The lowest BCUT2D eigenvalue weighted by atomic mass is 9.89. The molecule has 0 saturated carbocycles. The third-order valence-corrected chi connectivity index (χ3v) is 3.95. The smallest absolute Gasteiger partial charge is 0.157 e. The Kier molecular flexibility index (Phi) is 4.32. The molecule has 1 aliphatic rings. The summed E-state index contributed by atoms with van der Waals surface area (Å²) in [6, 6.07) is 5.11. The van der Waals surface area contributed by atoms with Gasteiger partial charge in [-0.15, -0.1) is 0 Å². The predicted octanol–water partition coefficient (Wildman–Crippen LogP) is 2.08. The Bertz CT molecular complexity index is 426. The van der Waals surface area contributed by atoms with E-state index in [-0.39, 0.29) is 17.5 Å². The predicted molar refractivity (Wildman–Crippen MR) is 76.1 cm³/mol. The minimum absolute atomic E-state index is 0.0749. The fraction of sp³-hybridized carbons (Fsp3) is 0.600. The Hall–Kier alpha value is -1.26. The zero-order valence-electron chi connectivity index (χ0n) is 11.7. The van der Waals surface area contributed by atoms with Crippen LogP contribution in [0.3, 0.4) is 0 Å². The second kappa shape index (κ2) is 5.80. The molecule has 4 heteroatoms. The summed E-state index contributed by atoms with van der Waals surface area (Å²) in [7, 11) is 0. The number of rotatable bonds is 3. The second-order valence-corrected chi connectivity index (χ2v) is 5.90. The number of nitrogens with zero attached hydrogens (tertiary/aromatic N) is 1. The van der Waals surface area contributed by atoms with Gasteiger partial charge in [-0.05, 0) is 36.0 Å². The van der Waals surface area contributed by atoms with Gasteiger partial charge in [0.25, 0.3) is 0 Å². The van der Waals surface area contributed by atoms with E-state index in [1.165, 1.54) is 12.5 Å². The van der Waals surface area contributed by atoms with E-state index in [0.717, 1.165) is 18.7 Å². The van der Waals surface area contributed by atoms with E-state index in [2.05, 4.69) is 18.7 Å². The molecular weight excluding hydrogens is 240 g/mol. The van der Waals surface area contributed by atoms with Crippen molar-refractivity contribution < 1.29 is 10.2 Å². The average Bonchev–Trinajstić information content (AvgIpc) is 2.33. The quantitative estimate of drug-likeness (QED) is 0.731. The summed E-state index contributed by atoms with van der Waals surface area (Å²) in [5.74, 6) is 1.18. The third kappa shape index (κ3) is 3.19. The van der Waals surface area contributed by atoms with Gasteiger partial charge in [-0.1, -0.05) is 19.9 Å². The molecule has 4 nitrogen and oxygen atoms in total. The lowest BCUT2D eigenvalue weighted by Gasteiger charge is -2.40. The molecule has 1 fully saturated rings. The molecule has 0 radical (unpaired) electrons. The summed E-state index contributed by atoms with van der Waals surface area (Å²) in [6.07, 6.45) is 1.26. The van der Waals surface area contributed by atoms with E-state index < -0.39 is 0 Å². The maximum atomic E-state index is 9.64. The molecule has 0 amide bonds. The molecule has 0 aromatic heterocycles. The molecule has 106 valence electrons. The number of piperidine rings is 1. The van der Waals surface area contributed by atoms with Crippen LogP contribution in [-0.4, -0.2) is 34.7 Å². The number of hydrogen-bond acceptors (Lipinski definition) is 4. The molecule has 19 heavy (non-hydrogen) atoms. The topological polar surface area (TPSA) is 69.7 Å². The molecule has 0 aliphatic carbocycles. The first kappa shape index (κ1) is 14.2. The highest BCUT2D eigenvalue weighted by atomic mass is 16.3. The molecule has 1 aromatic rings. The van der Waals surface area contributed by atoms with Gasteiger partial charge in [0.2, 0.25) is 0 Å². The molecule has 2 rings (SSSR count). The van der Waals surface area contributed by atoms with E-state index in [4.69, 9.17) is 5.73 Å². The van der Waals surface area contributed by atoms with Crippen molar-refractivity contribution in [2.45, 2.75) is 26.3 Å². The first-order chi connectivity index (χ1) is 9.01. The highest BCUT2D eigenvalue weighted by Crippen LogP contribution is 2.32. The van der Waals surface area contributed by atoms with E-state index >= 15 is 0 Å². The summed E-state index contributed by atoms with van der Waals surface area (Å²) in [6.45, 7) is 7.13. The van der Waals surface area contributed by atoms with E-state index in [9.17, 15) is 10.2 Å². The molecule has 1 aliphatic heterocycles. The Balaban J connectivity index is 2.21. The Morgan fingerprint density at radius 1 is 1.21 bits per heavy atom. The molecule has 0 bridgehead atoms. The SMILES string of the molecule is CC1CC(C)CN(C(CN)c2ccc(O)c(O)c2)C1. The van der Waals surface area contributed by atoms with Crippen LogP contribution < -0.4 is 5.73 Å². The Labute approximate surface area is 114 Å². The van der Waals surface area contributed by atoms with Crippen LogP contribution in [-0.2, 0) is 0 Å². The Morgan fingerprint density at radius 3 is 2.37 bits per heavy atom. The average molecular weight is 264 g/mol. The van der Waals surface area contributed by atoms with Crippen molar-refractivity contribution in [1.29, 1.82) is 0 Å². The van der Waals surface area contributed by atoms with Crippen LogP contribution in [0.15, 0.2) is 18.2 Å². The normalized spacial score (nSPS) is 26.3. The molecular formula is C15H24N2O2. The number of aromatic hydroxyl groups is 2. The van der Waals surface area contributed by atoms with Gasteiger partial charge in [-0.2, -0.15) is 0 Å². The molecule has 0 spiro atoms. The fourth-order valence-corrected chi connectivity index (χ4v) is 3.21. The second-order valence-electron chi connectivity index (χ2n) is 5.90. The van der Waals surface area contributed by atoms with Crippen molar-refractivity contribution in [3.8, 4) is 11.5 Å². The lowest BCUT2D eigenvalue weighted by molar-refractivity contribution is 0.0983. The van der Waals surface area contributed by atoms with E-state index in [1.54, 1.807) is 6.07 Å². The monoisotopic (exact) mass is 264 g/mol. The lowest BCUT2D eigenvalue weighted by Crippen LogP contribution is -2.43. The van der Waals surface area contributed by atoms with Crippen LogP contribution in [0.25, 0.3) is 0 Å². The molecule has 1 heterocycles. The summed E-state index contributed by atoms with van der Waals surface area (Å²) in [4.78, 5) is 2.39. The van der Waals surface area contributed by atoms with Crippen LogP contribution in [0.4, 0.5) is 0 Å². The van der Waals surface area contributed by atoms with Gasteiger partial charge < -0.3 is 15.9 Å². The first-order valence-electron chi connectivity index (χ1n) is 6.97. The van der Waals surface area contributed by atoms with Crippen molar-refractivity contribution in [3.05, 3.63) is 23.8 Å². The van der Waals surface area contributed by atoms with Crippen LogP contribution >= 0.6 is 0 Å². The van der Waals surface area contributed by atoms with Crippen molar-refractivity contribution in [3.63, 3.8) is 0 Å². The third-order valence-electron chi connectivity index (χ3n) is 3.95. The maximum Gasteiger partial charge on any atom is 0.157 e. The van der Waals surface area contributed by atoms with Crippen LogP contribution in [0.5, 0.6) is 11.5 Å². The molecule has 1 saturated heterocycles.